The molecule has 0 amide bonds. The number of nitrogens with two attached hydrogens (primary N) is 1. The Hall–Kier alpha value is -1.13. The summed E-state index contributed by atoms with van der Waals surface area (Å²) in [6.45, 7) is 11.6. The van der Waals surface area contributed by atoms with Crippen molar-refractivity contribution in [2.24, 2.45) is 0 Å². The Kier molecular flexibility index (Phi) is 5.11. The van der Waals surface area contributed by atoms with E-state index in [0.29, 0.717) is 19.8 Å². The zero-order valence-electron chi connectivity index (χ0n) is 12.0. The number of ether oxygens (including phenoxy) is 2. The van der Waals surface area contributed by atoms with E-state index in [2.05, 4.69) is 4.98 Å². The third-order valence-corrected chi connectivity index (χ3v) is 2.68. The van der Waals surface area contributed by atoms with Crippen molar-refractivity contribution in [1.82, 2.24) is 4.98 Å². The second-order valence-corrected chi connectivity index (χ2v) is 5.44. The van der Waals surface area contributed by atoms with E-state index >= 15 is 0 Å². The van der Waals surface area contributed by atoms with Gasteiger partial charge in [0, 0.05) is 11.9 Å². The van der Waals surface area contributed by atoms with Crippen molar-refractivity contribution < 1.29 is 9.47 Å². The van der Waals surface area contributed by atoms with Crippen LogP contribution in [0.2, 0.25) is 0 Å². The molecule has 0 unspecified atom stereocenters. The second kappa shape index (κ2) is 6.16. The number of hydrogen-bond acceptors (Lipinski definition) is 4. The average Bonchev–Trinajstić information content (AvgIpc) is 2.27. The van der Waals surface area contributed by atoms with E-state index in [0.717, 1.165) is 22.5 Å². The van der Waals surface area contributed by atoms with E-state index in [1.807, 2.05) is 34.6 Å². The number of aryl methyl sites for hydroxylation is 1. The third kappa shape index (κ3) is 4.63. The Morgan fingerprint density at radius 3 is 2.50 bits per heavy atom. The molecule has 0 spiro atoms. The van der Waals surface area contributed by atoms with Crippen LogP contribution in [0.4, 0.5) is 5.69 Å². The summed E-state index contributed by atoms with van der Waals surface area (Å²) in [4.78, 5) is 4.34. The Balaban J connectivity index is 2.39. The Morgan fingerprint density at radius 2 is 1.89 bits per heavy atom. The quantitative estimate of drug-likeness (QED) is 0.818. The van der Waals surface area contributed by atoms with Crippen LogP contribution in [0, 0.1) is 13.8 Å². The fourth-order valence-corrected chi connectivity index (χ4v) is 1.51. The fourth-order valence-electron chi connectivity index (χ4n) is 1.51. The number of nitrogen functional groups attached to an aromatic ring is 1. The molecule has 1 aromatic heterocycles. The summed E-state index contributed by atoms with van der Waals surface area (Å²) in [6, 6.07) is 0. The first kappa shape index (κ1) is 14.9. The fraction of sp³-hybridized carbons (Fsp3) is 0.643. The van der Waals surface area contributed by atoms with E-state index in [1.54, 1.807) is 6.20 Å². The van der Waals surface area contributed by atoms with Gasteiger partial charge in [0.05, 0.1) is 31.1 Å². The van der Waals surface area contributed by atoms with Crippen molar-refractivity contribution in [3.05, 3.63) is 23.0 Å². The summed E-state index contributed by atoms with van der Waals surface area (Å²) in [5.41, 5.74) is 9.54. The molecule has 2 N–H and O–H groups in total. The van der Waals surface area contributed by atoms with Gasteiger partial charge in [-0.2, -0.15) is 0 Å². The SMILES string of the molecule is Cc1cnc(COCCOC(C)(C)C)c(C)c1N. The minimum absolute atomic E-state index is 0.119. The number of hydrogen-bond donors (Lipinski definition) is 1. The number of pyridine rings is 1. The highest BCUT2D eigenvalue weighted by molar-refractivity contribution is 5.53. The van der Waals surface area contributed by atoms with E-state index in [1.165, 1.54) is 0 Å². The predicted molar refractivity (Wildman–Crippen MR) is 73.5 cm³/mol. The van der Waals surface area contributed by atoms with Gasteiger partial charge < -0.3 is 15.2 Å². The molecule has 0 saturated heterocycles. The summed E-state index contributed by atoms with van der Waals surface area (Å²) >= 11 is 0. The number of anilines is 1. The van der Waals surface area contributed by atoms with Crippen molar-refractivity contribution in [3.8, 4) is 0 Å². The zero-order chi connectivity index (χ0) is 13.8. The second-order valence-electron chi connectivity index (χ2n) is 5.44. The maximum absolute atomic E-state index is 5.95. The van der Waals surface area contributed by atoms with Crippen LogP contribution in [0.25, 0.3) is 0 Å². The van der Waals surface area contributed by atoms with Gasteiger partial charge in [-0.05, 0) is 45.7 Å². The van der Waals surface area contributed by atoms with Crippen LogP contribution in [0.1, 0.15) is 37.6 Å². The van der Waals surface area contributed by atoms with Crippen molar-refractivity contribution in [2.75, 3.05) is 18.9 Å². The van der Waals surface area contributed by atoms with Crippen molar-refractivity contribution in [3.63, 3.8) is 0 Å². The van der Waals surface area contributed by atoms with Crippen LogP contribution in [0.15, 0.2) is 6.20 Å². The van der Waals surface area contributed by atoms with Gasteiger partial charge in [0.2, 0.25) is 0 Å². The van der Waals surface area contributed by atoms with Gasteiger partial charge >= 0.3 is 0 Å². The standard InChI is InChI=1S/C14H24N2O2/c1-10-8-16-12(11(2)13(10)15)9-17-6-7-18-14(3,4)5/h8H,6-7,9H2,1-5H3,(H2,15,16). The molecule has 0 aliphatic carbocycles. The molecule has 1 heterocycles. The highest BCUT2D eigenvalue weighted by Crippen LogP contribution is 2.18. The highest BCUT2D eigenvalue weighted by Gasteiger charge is 2.10. The monoisotopic (exact) mass is 252 g/mol. The molecular formula is C14H24N2O2. The van der Waals surface area contributed by atoms with Crippen molar-refractivity contribution >= 4 is 5.69 Å². The average molecular weight is 252 g/mol. The first-order valence-electron chi connectivity index (χ1n) is 6.23. The van der Waals surface area contributed by atoms with Crippen molar-refractivity contribution in [2.45, 2.75) is 46.8 Å². The molecule has 1 aromatic rings. The maximum Gasteiger partial charge on any atom is 0.0892 e. The molecule has 0 radical (unpaired) electrons. The molecule has 0 atom stereocenters. The lowest BCUT2D eigenvalue weighted by Crippen LogP contribution is -2.21. The van der Waals surface area contributed by atoms with Crippen LogP contribution >= 0.6 is 0 Å². The molecule has 4 nitrogen and oxygen atoms in total. The maximum atomic E-state index is 5.95. The molecule has 0 fully saturated rings. The lowest BCUT2D eigenvalue weighted by atomic mass is 10.1. The van der Waals surface area contributed by atoms with Crippen LogP contribution in [-0.4, -0.2) is 23.8 Å². The van der Waals surface area contributed by atoms with Gasteiger partial charge in [-0.25, -0.2) is 0 Å². The van der Waals surface area contributed by atoms with Gasteiger partial charge in [0.15, 0.2) is 0 Å². The van der Waals surface area contributed by atoms with Crippen LogP contribution in [0.5, 0.6) is 0 Å². The molecule has 102 valence electrons. The van der Waals surface area contributed by atoms with Crippen LogP contribution in [-0.2, 0) is 16.1 Å². The molecule has 0 aliphatic rings. The number of aromatic nitrogens is 1. The third-order valence-electron chi connectivity index (χ3n) is 2.68. The molecule has 18 heavy (non-hydrogen) atoms. The summed E-state index contributed by atoms with van der Waals surface area (Å²) in [5, 5.41) is 0. The normalized spacial score (nSPS) is 11.8. The van der Waals surface area contributed by atoms with E-state index in [9.17, 15) is 0 Å². The topological polar surface area (TPSA) is 57.4 Å². The minimum atomic E-state index is -0.119. The highest BCUT2D eigenvalue weighted by atomic mass is 16.5. The molecule has 0 bridgehead atoms. The smallest absolute Gasteiger partial charge is 0.0892 e. The van der Waals surface area contributed by atoms with Gasteiger partial charge in [0.1, 0.15) is 0 Å². The van der Waals surface area contributed by atoms with Gasteiger partial charge in [0.25, 0.3) is 0 Å². The molecule has 4 heteroatoms. The summed E-state index contributed by atoms with van der Waals surface area (Å²) < 4.78 is 11.1. The van der Waals surface area contributed by atoms with Gasteiger partial charge in [-0.1, -0.05) is 0 Å². The number of nitrogens with zero attached hydrogens (tertiary/aromatic N) is 1. The van der Waals surface area contributed by atoms with E-state index in [4.69, 9.17) is 15.2 Å². The molecule has 0 saturated carbocycles. The molecular weight excluding hydrogens is 228 g/mol. The molecule has 0 aliphatic heterocycles. The summed E-state index contributed by atoms with van der Waals surface area (Å²) in [6.07, 6.45) is 1.78. The lowest BCUT2D eigenvalue weighted by Gasteiger charge is -2.19. The van der Waals surface area contributed by atoms with E-state index in [-0.39, 0.29) is 5.60 Å². The Morgan fingerprint density at radius 1 is 1.22 bits per heavy atom. The zero-order valence-corrected chi connectivity index (χ0v) is 12.0. The summed E-state index contributed by atoms with van der Waals surface area (Å²) in [7, 11) is 0. The lowest BCUT2D eigenvalue weighted by molar-refractivity contribution is -0.0380. The predicted octanol–water partition coefficient (Wildman–Crippen LogP) is 2.61. The minimum Gasteiger partial charge on any atom is -0.398 e. The Labute approximate surface area is 110 Å². The van der Waals surface area contributed by atoms with E-state index < -0.39 is 0 Å². The first-order chi connectivity index (χ1) is 8.31. The van der Waals surface area contributed by atoms with Crippen LogP contribution < -0.4 is 5.73 Å². The van der Waals surface area contributed by atoms with Gasteiger partial charge in [-0.15, -0.1) is 0 Å². The molecule has 1 rings (SSSR count). The molecule has 0 aromatic carbocycles. The summed E-state index contributed by atoms with van der Waals surface area (Å²) in [5.74, 6) is 0. The largest absolute Gasteiger partial charge is 0.398 e. The van der Waals surface area contributed by atoms with Crippen LogP contribution in [0.3, 0.4) is 0 Å². The van der Waals surface area contributed by atoms with Gasteiger partial charge in [-0.3, -0.25) is 4.98 Å². The van der Waals surface area contributed by atoms with Crippen molar-refractivity contribution in [1.29, 1.82) is 0 Å². The number of rotatable bonds is 5. The Bertz CT molecular complexity index is 398. The first-order valence-corrected chi connectivity index (χ1v) is 6.23.